The highest BCUT2D eigenvalue weighted by Crippen LogP contribution is 2.35. The SMILES string of the molecule is CCOc1ccc(Cc2cc([C@H]3O[C@H](CO)[C@@H](O)[C@H](O)[C@H]3O)ccc2Cl)cc1Br. The van der Waals surface area contributed by atoms with E-state index in [-0.39, 0.29) is 0 Å². The monoisotopic (exact) mass is 486 g/mol. The summed E-state index contributed by atoms with van der Waals surface area (Å²) >= 11 is 9.89. The molecule has 1 aliphatic heterocycles. The molecule has 1 fully saturated rings. The van der Waals surface area contributed by atoms with Gasteiger partial charge in [0.15, 0.2) is 0 Å². The Balaban J connectivity index is 1.85. The number of benzene rings is 2. The van der Waals surface area contributed by atoms with Crippen molar-refractivity contribution in [3.05, 3.63) is 62.6 Å². The van der Waals surface area contributed by atoms with Crippen molar-refractivity contribution in [2.75, 3.05) is 13.2 Å². The van der Waals surface area contributed by atoms with Crippen LogP contribution < -0.4 is 4.74 Å². The van der Waals surface area contributed by atoms with Crippen LogP contribution in [-0.4, -0.2) is 58.1 Å². The minimum absolute atomic E-state index is 0.470. The predicted octanol–water partition coefficient (Wildman–Crippen LogP) is 2.61. The largest absolute Gasteiger partial charge is 0.493 e. The van der Waals surface area contributed by atoms with E-state index in [1.807, 2.05) is 25.1 Å². The highest BCUT2D eigenvalue weighted by Gasteiger charge is 2.44. The summed E-state index contributed by atoms with van der Waals surface area (Å²) in [6.45, 7) is 2.03. The third-order valence-corrected chi connectivity index (χ3v) is 5.97. The van der Waals surface area contributed by atoms with Crippen molar-refractivity contribution < 1.29 is 29.9 Å². The van der Waals surface area contributed by atoms with E-state index in [0.717, 1.165) is 21.3 Å². The molecular weight excluding hydrogens is 464 g/mol. The van der Waals surface area contributed by atoms with Gasteiger partial charge in [-0.2, -0.15) is 0 Å². The van der Waals surface area contributed by atoms with Crippen LogP contribution in [0.3, 0.4) is 0 Å². The number of halogens is 2. The molecule has 0 bridgehead atoms. The first-order chi connectivity index (χ1) is 13.8. The first kappa shape index (κ1) is 22.5. The van der Waals surface area contributed by atoms with Crippen molar-refractivity contribution in [3.8, 4) is 5.75 Å². The lowest BCUT2D eigenvalue weighted by atomic mass is 9.90. The van der Waals surface area contributed by atoms with Crippen LogP contribution in [0.15, 0.2) is 40.9 Å². The Hall–Kier alpha value is -1.19. The van der Waals surface area contributed by atoms with Crippen LogP contribution in [0.1, 0.15) is 29.7 Å². The van der Waals surface area contributed by atoms with Crippen LogP contribution in [0, 0.1) is 0 Å². The molecule has 0 amide bonds. The molecular formula is C21H24BrClO6. The van der Waals surface area contributed by atoms with Gasteiger partial charge in [0.2, 0.25) is 0 Å². The Morgan fingerprint density at radius 3 is 2.48 bits per heavy atom. The van der Waals surface area contributed by atoms with Gasteiger partial charge >= 0.3 is 0 Å². The van der Waals surface area contributed by atoms with E-state index in [9.17, 15) is 20.4 Å². The summed E-state index contributed by atoms with van der Waals surface area (Å²) in [7, 11) is 0. The van der Waals surface area contributed by atoms with Crippen LogP contribution in [0.25, 0.3) is 0 Å². The molecule has 1 heterocycles. The van der Waals surface area contributed by atoms with Gasteiger partial charge in [-0.15, -0.1) is 0 Å². The molecule has 1 aliphatic rings. The molecule has 0 aliphatic carbocycles. The van der Waals surface area contributed by atoms with E-state index in [1.165, 1.54) is 0 Å². The Morgan fingerprint density at radius 2 is 1.83 bits per heavy atom. The number of hydrogen-bond donors (Lipinski definition) is 4. The van der Waals surface area contributed by atoms with E-state index in [0.29, 0.717) is 23.6 Å². The van der Waals surface area contributed by atoms with Gasteiger partial charge in [-0.05, 0) is 64.2 Å². The van der Waals surface area contributed by atoms with Crippen LogP contribution in [0.5, 0.6) is 5.75 Å². The standard InChI is InChI=1S/C21H24BrClO6/c1-2-28-16-6-3-11(8-14(16)22)7-13-9-12(4-5-15(13)23)21-20(27)19(26)18(25)17(10-24)29-21/h3-6,8-9,17-21,24-27H,2,7,10H2,1H3/t17-,18-,19+,20-,21-/m1/s1. The maximum absolute atomic E-state index is 10.4. The molecule has 3 rings (SSSR count). The second-order valence-corrected chi connectivity index (χ2v) is 8.24. The third kappa shape index (κ3) is 4.94. The van der Waals surface area contributed by atoms with E-state index >= 15 is 0 Å². The van der Waals surface area contributed by atoms with Gasteiger partial charge in [-0.1, -0.05) is 29.8 Å². The maximum Gasteiger partial charge on any atom is 0.133 e. The predicted molar refractivity (Wildman–Crippen MR) is 112 cm³/mol. The number of aliphatic hydroxyl groups is 4. The summed E-state index contributed by atoms with van der Waals surface area (Å²) < 4.78 is 12.0. The molecule has 29 heavy (non-hydrogen) atoms. The zero-order valence-corrected chi connectivity index (χ0v) is 18.2. The van der Waals surface area contributed by atoms with Crippen molar-refractivity contribution in [2.24, 2.45) is 0 Å². The Morgan fingerprint density at radius 1 is 1.07 bits per heavy atom. The fourth-order valence-electron chi connectivity index (χ4n) is 3.43. The summed E-state index contributed by atoms with van der Waals surface area (Å²) in [6.07, 6.45) is -5.46. The Labute approximate surface area is 182 Å². The third-order valence-electron chi connectivity index (χ3n) is 4.98. The fourth-order valence-corrected chi connectivity index (χ4v) is 4.16. The summed E-state index contributed by atoms with van der Waals surface area (Å²) in [5, 5.41) is 40.4. The maximum atomic E-state index is 10.4. The minimum atomic E-state index is -1.42. The second-order valence-electron chi connectivity index (χ2n) is 6.97. The normalized spacial score (nSPS) is 27.1. The lowest BCUT2D eigenvalue weighted by molar-refractivity contribution is -0.231. The number of hydrogen-bond acceptors (Lipinski definition) is 6. The highest BCUT2D eigenvalue weighted by atomic mass is 79.9. The fraction of sp³-hybridized carbons (Fsp3) is 0.429. The average molecular weight is 488 g/mol. The molecule has 8 heteroatoms. The van der Waals surface area contributed by atoms with Crippen molar-refractivity contribution in [1.82, 2.24) is 0 Å². The van der Waals surface area contributed by atoms with Gasteiger partial charge in [-0.3, -0.25) is 0 Å². The lowest BCUT2D eigenvalue weighted by Crippen LogP contribution is -2.55. The molecule has 158 valence electrons. The second kappa shape index (κ2) is 9.75. The minimum Gasteiger partial charge on any atom is -0.493 e. The van der Waals surface area contributed by atoms with Gasteiger partial charge < -0.3 is 29.9 Å². The van der Waals surface area contributed by atoms with Gasteiger partial charge in [0.05, 0.1) is 17.7 Å². The van der Waals surface area contributed by atoms with Crippen molar-refractivity contribution >= 4 is 27.5 Å². The molecule has 0 spiro atoms. The molecule has 0 unspecified atom stereocenters. The summed E-state index contributed by atoms with van der Waals surface area (Å²) in [5.74, 6) is 0.761. The van der Waals surface area contributed by atoms with E-state index in [4.69, 9.17) is 21.1 Å². The van der Waals surface area contributed by atoms with E-state index < -0.39 is 37.1 Å². The molecule has 1 saturated heterocycles. The summed E-state index contributed by atoms with van der Waals surface area (Å²) in [5.41, 5.74) is 2.43. The summed E-state index contributed by atoms with van der Waals surface area (Å²) in [4.78, 5) is 0. The molecule has 5 atom stereocenters. The first-order valence-electron chi connectivity index (χ1n) is 9.35. The first-order valence-corrected chi connectivity index (χ1v) is 10.5. The van der Waals surface area contributed by atoms with E-state index in [2.05, 4.69) is 15.9 Å². The highest BCUT2D eigenvalue weighted by molar-refractivity contribution is 9.10. The molecule has 2 aromatic carbocycles. The molecule has 2 aromatic rings. The van der Waals surface area contributed by atoms with Crippen molar-refractivity contribution in [2.45, 2.75) is 43.9 Å². The Bertz CT molecular complexity index is 846. The van der Waals surface area contributed by atoms with Crippen molar-refractivity contribution in [3.63, 3.8) is 0 Å². The van der Waals surface area contributed by atoms with E-state index in [1.54, 1.807) is 18.2 Å². The van der Waals surface area contributed by atoms with Crippen LogP contribution in [0.2, 0.25) is 5.02 Å². The molecule has 6 nitrogen and oxygen atoms in total. The number of aliphatic hydroxyl groups excluding tert-OH is 4. The smallest absolute Gasteiger partial charge is 0.133 e. The molecule has 0 radical (unpaired) electrons. The molecule has 0 saturated carbocycles. The quantitative estimate of drug-likeness (QED) is 0.500. The zero-order chi connectivity index (χ0) is 21.1. The van der Waals surface area contributed by atoms with Crippen LogP contribution in [-0.2, 0) is 11.2 Å². The van der Waals surface area contributed by atoms with Gasteiger partial charge in [0.1, 0.15) is 36.3 Å². The van der Waals surface area contributed by atoms with Gasteiger partial charge in [-0.25, -0.2) is 0 Å². The van der Waals surface area contributed by atoms with Gasteiger partial charge in [0, 0.05) is 5.02 Å². The Kier molecular flexibility index (Phi) is 7.56. The van der Waals surface area contributed by atoms with Gasteiger partial charge in [0.25, 0.3) is 0 Å². The number of rotatable bonds is 6. The molecule has 4 N–H and O–H groups in total. The van der Waals surface area contributed by atoms with Crippen LogP contribution >= 0.6 is 27.5 Å². The zero-order valence-electron chi connectivity index (χ0n) is 15.8. The van der Waals surface area contributed by atoms with Crippen LogP contribution in [0.4, 0.5) is 0 Å². The average Bonchev–Trinajstić information content (AvgIpc) is 2.70. The topological polar surface area (TPSA) is 99.4 Å². The summed E-state index contributed by atoms with van der Waals surface area (Å²) in [6, 6.07) is 11.0. The molecule has 0 aromatic heterocycles. The van der Waals surface area contributed by atoms with Crippen molar-refractivity contribution in [1.29, 1.82) is 0 Å². The lowest BCUT2D eigenvalue weighted by Gasteiger charge is -2.40. The number of ether oxygens (including phenoxy) is 2.